The van der Waals surface area contributed by atoms with E-state index in [0.29, 0.717) is 18.2 Å². The molecule has 0 spiro atoms. The quantitative estimate of drug-likeness (QED) is 0.885. The van der Waals surface area contributed by atoms with E-state index in [2.05, 4.69) is 15.6 Å². The van der Waals surface area contributed by atoms with Gasteiger partial charge in [0.15, 0.2) is 5.12 Å². The Morgan fingerprint density at radius 2 is 2.17 bits per heavy atom. The molecule has 0 radical (unpaired) electrons. The monoisotopic (exact) mass is 340 g/mol. The number of carbonyl (C=O) groups is 2. The Balaban J connectivity index is 1.77. The maximum atomic E-state index is 11.6. The van der Waals surface area contributed by atoms with Crippen LogP contribution in [0.3, 0.4) is 0 Å². The fourth-order valence-corrected chi connectivity index (χ4v) is 3.40. The topological polar surface area (TPSA) is 86.1 Å². The van der Waals surface area contributed by atoms with Gasteiger partial charge in [-0.1, -0.05) is 17.0 Å². The predicted molar refractivity (Wildman–Crippen MR) is 88.3 cm³/mol. The number of ether oxygens (including phenoxy) is 1. The fourth-order valence-electron chi connectivity index (χ4n) is 2.30. The summed E-state index contributed by atoms with van der Waals surface area (Å²) in [6.45, 7) is 7.52. The van der Waals surface area contributed by atoms with Crippen molar-refractivity contribution >= 4 is 23.0 Å². The van der Waals surface area contributed by atoms with Gasteiger partial charge < -0.3 is 10.1 Å². The molecule has 1 aliphatic carbocycles. The van der Waals surface area contributed by atoms with Gasteiger partial charge in [0, 0.05) is 31.3 Å². The normalized spacial score (nSPS) is 20.7. The van der Waals surface area contributed by atoms with E-state index in [1.165, 1.54) is 11.8 Å². The smallest absolute Gasteiger partial charge is 0.407 e. The highest BCUT2D eigenvalue weighted by Gasteiger charge is 2.34. The molecule has 1 fully saturated rings. The number of nitrogens with zero attached hydrogens (tertiary/aromatic N) is 3. The van der Waals surface area contributed by atoms with Crippen LogP contribution in [0.15, 0.2) is 6.20 Å². The van der Waals surface area contributed by atoms with Crippen molar-refractivity contribution in [3.8, 4) is 0 Å². The molecule has 1 heterocycles. The third-order valence-electron chi connectivity index (χ3n) is 3.44. The fraction of sp³-hybridized carbons (Fsp3) is 0.733. The summed E-state index contributed by atoms with van der Waals surface area (Å²) in [6.07, 6.45) is 4.11. The number of thioether (sulfide) groups is 1. The second kappa shape index (κ2) is 7.33. The van der Waals surface area contributed by atoms with Gasteiger partial charge in [0.05, 0.1) is 11.7 Å². The Bertz CT molecular complexity index is 567. The zero-order chi connectivity index (χ0) is 17.0. The van der Waals surface area contributed by atoms with Gasteiger partial charge in [-0.2, -0.15) is 0 Å². The zero-order valence-electron chi connectivity index (χ0n) is 14.0. The third kappa shape index (κ3) is 5.53. The molecule has 128 valence electrons. The van der Waals surface area contributed by atoms with Crippen LogP contribution in [0.5, 0.6) is 0 Å². The zero-order valence-corrected chi connectivity index (χ0v) is 14.9. The van der Waals surface area contributed by atoms with Gasteiger partial charge in [-0.05, 0) is 33.6 Å². The van der Waals surface area contributed by atoms with Crippen LogP contribution < -0.4 is 5.32 Å². The number of aromatic nitrogens is 3. The van der Waals surface area contributed by atoms with Gasteiger partial charge in [0.25, 0.3) is 0 Å². The lowest BCUT2D eigenvalue weighted by atomic mass is 9.92. The second-order valence-electron chi connectivity index (χ2n) is 6.66. The Hall–Kier alpha value is -1.57. The van der Waals surface area contributed by atoms with Crippen molar-refractivity contribution in [2.45, 2.75) is 63.9 Å². The number of rotatable bonds is 5. The predicted octanol–water partition coefficient (Wildman–Crippen LogP) is 2.33. The van der Waals surface area contributed by atoms with Crippen LogP contribution in [0, 0.1) is 0 Å². The number of hydrogen-bond acceptors (Lipinski definition) is 6. The van der Waals surface area contributed by atoms with Crippen molar-refractivity contribution < 1.29 is 14.3 Å². The molecule has 23 heavy (non-hydrogen) atoms. The number of amides is 1. The van der Waals surface area contributed by atoms with Gasteiger partial charge in [-0.25, -0.2) is 9.48 Å². The number of hydrogen-bond donors (Lipinski definition) is 1. The molecule has 0 aliphatic heterocycles. The van der Waals surface area contributed by atoms with Crippen LogP contribution in [-0.4, -0.2) is 43.6 Å². The minimum atomic E-state index is -0.499. The van der Waals surface area contributed by atoms with Crippen LogP contribution >= 0.6 is 11.8 Å². The Kier molecular flexibility index (Phi) is 5.67. The first-order valence-corrected chi connectivity index (χ1v) is 8.67. The van der Waals surface area contributed by atoms with E-state index in [1.807, 2.05) is 31.6 Å². The van der Waals surface area contributed by atoms with Crippen molar-refractivity contribution in [2.75, 3.05) is 6.54 Å². The molecule has 1 aromatic heterocycles. The number of carbonyl (C=O) groups excluding carboxylic acids is 2. The first-order chi connectivity index (χ1) is 10.7. The van der Waals surface area contributed by atoms with E-state index in [4.69, 9.17) is 4.74 Å². The first-order valence-electron chi connectivity index (χ1n) is 7.79. The summed E-state index contributed by atoms with van der Waals surface area (Å²) in [5, 5.41) is 11.4. The molecule has 2 unspecified atom stereocenters. The lowest BCUT2D eigenvalue weighted by Crippen LogP contribution is -2.33. The van der Waals surface area contributed by atoms with Crippen molar-refractivity contribution in [3.63, 3.8) is 0 Å². The molecule has 1 aromatic rings. The largest absolute Gasteiger partial charge is 0.444 e. The molecule has 0 aromatic carbocycles. The van der Waals surface area contributed by atoms with Crippen LogP contribution in [0.25, 0.3) is 0 Å². The molecular weight excluding hydrogens is 316 g/mol. The van der Waals surface area contributed by atoms with Crippen molar-refractivity contribution in [3.05, 3.63) is 11.9 Å². The molecule has 0 bridgehead atoms. The average molecular weight is 340 g/mol. The molecule has 1 aliphatic rings. The average Bonchev–Trinajstić information content (AvgIpc) is 2.80. The van der Waals surface area contributed by atoms with E-state index in [1.54, 1.807) is 6.92 Å². The standard InChI is InChI=1S/C15H24N4O3S/c1-10(20)23-13-6-5-12(13)19-9-11(17-18-19)7-8-16-14(21)22-15(2,3)4/h9,12-13H,5-8H2,1-4H3,(H,16,21). The SMILES string of the molecule is CC(=O)SC1CCC1n1cc(CCNC(=O)OC(C)(C)C)nn1. The van der Waals surface area contributed by atoms with Crippen molar-refractivity contribution in [1.29, 1.82) is 0 Å². The van der Waals surface area contributed by atoms with Gasteiger partial charge >= 0.3 is 6.09 Å². The number of nitrogens with one attached hydrogen (secondary N) is 1. The molecule has 7 nitrogen and oxygen atoms in total. The van der Waals surface area contributed by atoms with Crippen LogP contribution in [-0.2, 0) is 16.0 Å². The van der Waals surface area contributed by atoms with E-state index < -0.39 is 11.7 Å². The first kappa shape index (κ1) is 17.8. The lowest BCUT2D eigenvalue weighted by molar-refractivity contribution is -0.109. The van der Waals surface area contributed by atoms with Crippen LogP contribution in [0.4, 0.5) is 4.79 Å². The molecule has 8 heteroatoms. The summed E-state index contributed by atoms with van der Waals surface area (Å²) in [5.74, 6) is 0. The summed E-state index contributed by atoms with van der Waals surface area (Å²) in [6, 6.07) is 0.240. The maximum absolute atomic E-state index is 11.6. The van der Waals surface area contributed by atoms with E-state index in [0.717, 1.165) is 18.5 Å². The van der Waals surface area contributed by atoms with Crippen molar-refractivity contribution in [1.82, 2.24) is 20.3 Å². The highest BCUT2D eigenvalue weighted by Crippen LogP contribution is 2.40. The highest BCUT2D eigenvalue weighted by atomic mass is 32.2. The minimum Gasteiger partial charge on any atom is -0.444 e. The summed E-state index contributed by atoms with van der Waals surface area (Å²) in [5.41, 5.74) is 0.320. The Morgan fingerprint density at radius 3 is 2.74 bits per heavy atom. The molecule has 2 atom stereocenters. The summed E-state index contributed by atoms with van der Waals surface area (Å²) < 4.78 is 7.01. The van der Waals surface area contributed by atoms with Crippen LogP contribution in [0.2, 0.25) is 0 Å². The molecule has 1 amide bonds. The molecule has 1 N–H and O–H groups in total. The Labute approximate surface area is 140 Å². The number of alkyl carbamates (subject to hydrolysis) is 1. The van der Waals surface area contributed by atoms with Gasteiger partial charge in [-0.15, -0.1) is 5.10 Å². The van der Waals surface area contributed by atoms with E-state index >= 15 is 0 Å². The van der Waals surface area contributed by atoms with E-state index in [-0.39, 0.29) is 11.2 Å². The highest BCUT2D eigenvalue weighted by molar-refractivity contribution is 8.14. The Morgan fingerprint density at radius 1 is 1.43 bits per heavy atom. The van der Waals surface area contributed by atoms with Gasteiger partial charge in [0.1, 0.15) is 5.60 Å². The minimum absolute atomic E-state index is 0.140. The molecular formula is C15H24N4O3S. The van der Waals surface area contributed by atoms with Gasteiger partial charge in [-0.3, -0.25) is 4.79 Å². The summed E-state index contributed by atoms with van der Waals surface area (Å²) in [7, 11) is 0. The second-order valence-corrected chi connectivity index (χ2v) is 8.08. The third-order valence-corrected chi connectivity index (χ3v) is 4.62. The molecule has 0 saturated heterocycles. The summed E-state index contributed by atoms with van der Waals surface area (Å²) in [4.78, 5) is 22.8. The summed E-state index contributed by atoms with van der Waals surface area (Å²) >= 11 is 1.38. The van der Waals surface area contributed by atoms with Crippen LogP contribution in [0.1, 0.15) is 52.3 Å². The van der Waals surface area contributed by atoms with Crippen molar-refractivity contribution in [2.24, 2.45) is 0 Å². The lowest BCUT2D eigenvalue weighted by Gasteiger charge is -2.34. The van der Waals surface area contributed by atoms with E-state index in [9.17, 15) is 9.59 Å². The maximum Gasteiger partial charge on any atom is 0.407 e. The van der Waals surface area contributed by atoms with Gasteiger partial charge in [0.2, 0.25) is 0 Å². The molecule has 1 saturated carbocycles. The molecule has 2 rings (SSSR count).